The number of Topliss-reactive ketones (excluding diaryl/α,β-unsaturated/α-hetero) is 1. The number of carbonyl (C=O) groups is 3. The molecule has 0 spiro atoms. The van der Waals surface area contributed by atoms with Crippen LogP contribution in [0, 0.1) is 0 Å². The van der Waals surface area contributed by atoms with Crippen molar-refractivity contribution in [3.05, 3.63) is 12.7 Å². The van der Waals surface area contributed by atoms with Crippen LogP contribution in [0.4, 0.5) is 10.6 Å². The van der Waals surface area contributed by atoms with Crippen LogP contribution < -0.4 is 11.1 Å². The molecule has 4 atom stereocenters. The van der Waals surface area contributed by atoms with E-state index in [1.807, 2.05) is 6.92 Å². The van der Waals surface area contributed by atoms with Crippen LogP contribution in [0.2, 0.25) is 0 Å². The molecule has 14 heteroatoms. The number of nitrogen functional groups attached to an aromatic ring is 1. The van der Waals surface area contributed by atoms with Gasteiger partial charge >= 0.3 is 12.1 Å². The lowest BCUT2D eigenvalue weighted by atomic mass is 9.98. The topological polar surface area (TPSA) is 179 Å². The first kappa shape index (κ1) is 33.1. The molecular weight excluding hydrogens is 548 g/mol. The Balaban J connectivity index is 1.53. The lowest BCUT2D eigenvalue weighted by Crippen LogP contribution is -2.50. The van der Waals surface area contributed by atoms with Gasteiger partial charge in [-0.25, -0.2) is 19.7 Å². The zero-order valence-corrected chi connectivity index (χ0v) is 25.1. The van der Waals surface area contributed by atoms with E-state index in [9.17, 15) is 14.4 Å². The maximum absolute atomic E-state index is 13.2. The van der Waals surface area contributed by atoms with Crippen molar-refractivity contribution in [2.45, 2.75) is 116 Å². The van der Waals surface area contributed by atoms with Gasteiger partial charge in [-0.15, -0.1) is 0 Å². The monoisotopic (exact) mass is 592 g/mol. The molecule has 2 aromatic rings. The number of imidazole rings is 1. The highest BCUT2D eigenvalue weighted by Gasteiger charge is 2.30. The Hall–Kier alpha value is -3.36. The van der Waals surface area contributed by atoms with Crippen LogP contribution in [0.1, 0.15) is 73.1 Å². The summed E-state index contributed by atoms with van der Waals surface area (Å²) in [6.07, 6.45) is 5.32. The summed E-state index contributed by atoms with van der Waals surface area (Å²) in [4.78, 5) is 50.1. The van der Waals surface area contributed by atoms with Gasteiger partial charge in [0, 0.05) is 12.5 Å². The first-order valence-corrected chi connectivity index (χ1v) is 14.5. The average Bonchev–Trinajstić information content (AvgIpc) is 3.34. The van der Waals surface area contributed by atoms with Crippen LogP contribution in [0.15, 0.2) is 12.7 Å². The van der Waals surface area contributed by atoms with E-state index in [1.54, 1.807) is 38.6 Å². The van der Waals surface area contributed by atoms with Crippen LogP contribution in [0.25, 0.3) is 11.2 Å². The molecule has 3 rings (SSSR count). The highest BCUT2D eigenvalue weighted by atomic mass is 16.8. The zero-order chi connectivity index (χ0) is 30.6. The van der Waals surface area contributed by atoms with E-state index >= 15 is 0 Å². The number of carbonyl (C=O) groups excluding carboxylic acids is 3. The highest BCUT2D eigenvalue weighted by Crippen LogP contribution is 2.21. The van der Waals surface area contributed by atoms with Crippen LogP contribution in [0.5, 0.6) is 0 Å². The second kappa shape index (κ2) is 16.3. The molecule has 0 bridgehead atoms. The Kier molecular flexibility index (Phi) is 12.9. The third-order valence-corrected chi connectivity index (χ3v) is 6.86. The fourth-order valence-electron chi connectivity index (χ4n) is 4.76. The molecule has 0 saturated heterocycles. The molecule has 14 nitrogen and oxygen atoms in total. The quantitative estimate of drug-likeness (QED) is 0.215. The van der Waals surface area contributed by atoms with Crippen molar-refractivity contribution in [1.29, 1.82) is 0 Å². The molecule has 0 radical (unpaired) electrons. The summed E-state index contributed by atoms with van der Waals surface area (Å²) in [5, 5.41) is 3.11. The molecule has 2 aromatic heterocycles. The summed E-state index contributed by atoms with van der Waals surface area (Å²) in [7, 11) is 0. The molecule has 0 aliphatic heterocycles. The summed E-state index contributed by atoms with van der Waals surface area (Å²) < 4.78 is 28.9. The number of hydrogen-bond acceptors (Lipinski definition) is 13. The van der Waals surface area contributed by atoms with Crippen molar-refractivity contribution >= 4 is 34.9 Å². The van der Waals surface area contributed by atoms with Crippen LogP contribution in [0.3, 0.4) is 0 Å². The SMILES string of the molecule is CC(C)OC(=O)OCOC(C(=O)CCOC(C)Cn1cnc2c(N)ncnc21)C(C)NC(C)C(=O)OC1CCCCC1. The van der Waals surface area contributed by atoms with Gasteiger partial charge in [0.1, 0.15) is 30.1 Å². The number of ketones is 1. The second-order valence-electron chi connectivity index (χ2n) is 10.9. The van der Waals surface area contributed by atoms with E-state index < -0.39 is 31.1 Å². The molecule has 42 heavy (non-hydrogen) atoms. The molecule has 2 heterocycles. The molecule has 1 saturated carbocycles. The van der Waals surface area contributed by atoms with Crippen LogP contribution >= 0.6 is 0 Å². The average molecular weight is 593 g/mol. The summed E-state index contributed by atoms with van der Waals surface area (Å²) in [5.74, 6) is -0.373. The van der Waals surface area contributed by atoms with Gasteiger partial charge in [0.05, 0.1) is 31.7 Å². The lowest BCUT2D eigenvalue weighted by Gasteiger charge is -2.28. The van der Waals surface area contributed by atoms with E-state index in [2.05, 4.69) is 20.3 Å². The number of aromatic nitrogens is 4. The Bertz CT molecular complexity index is 1170. The van der Waals surface area contributed by atoms with E-state index in [-0.39, 0.29) is 43.1 Å². The number of nitrogens with one attached hydrogen (secondary N) is 1. The van der Waals surface area contributed by atoms with Gasteiger partial charge in [-0.05, 0) is 60.3 Å². The third-order valence-electron chi connectivity index (χ3n) is 6.86. The maximum Gasteiger partial charge on any atom is 0.510 e. The minimum Gasteiger partial charge on any atom is -0.461 e. The van der Waals surface area contributed by atoms with Crippen LogP contribution in [-0.4, -0.2) is 87.3 Å². The number of nitrogens with zero attached hydrogens (tertiary/aromatic N) is 4. The van der Waals surface area contributed by atoms with Crippen molar-refractivity contribution in [2.75, 3.05) is 19.1 Å². The first-order chi connectivity index (χ1) is 20.0. The van der Waals surface area contributed by atoms with E-state index in [0.717, 1.165) is 32.1 Å². The number of anilines is 1. The van der Waals surface area contributed by atoms with Gasteiger partial charge in [0.2, 0.25) is 0 Å². The smallest absolute Gasteiger partial charge is 0.461 e. The molecule has 0 aromatic carbocycles. The van der Waals surface area contributed by atoms with Gasteiger partial charge in [0.25, 0.3) is 0 Å². The maximum atomic E-state index is 13.2. The number of fused-ring (bicyclic) bond motifs is 1. The van der Waals surface area contributed by atoms with Gasteiger partial charge in [-0.3, -0.25) is 14.9 Å². The standard InChI is InChI=1S/C28H44N6O8/c1-17(2)41-28(37)40-16-39-24(19(4)33-20(5)27(36)42-21-9-7-6-8-10-21)22(35)11-12-38-18(3)13-34-15-32-23-25(29)30-14-31-26(23)34/h14-15,17-21,24,33H,6-13,16H2,1-5H3,(H2,29,30,31). The highest BCUT2D eigenvalue weighted by molar-refractivity contribution is 5.84. The number of nitrogens with two attached hydrogens (primary N) is 1. The van der Waals surface area contributed by atoms with Crippen molar-refractivity contribution in [3.63, 3.8) is 0 Å². The van der Waals surface area contributed by atoms with Gasteiger partial charge < -0.3 is 34.0 Å². The molecule has 4 unspecified atom stereocenters. The zero-order valence-electron chi connectivity index (χ0n) is 25.1. The predicted octanol–water partition coefficient (Wildman–Crippen LogP) is 2.92. The van der Waals surface area contributed by atoms with Gasteiger partial charge in [0.15, 0.2) is 24.0 Å². The molecule has 3 N–H and O–H groups in total. The number of esters is 1. The molecule has 1 aliphatic carbocycles. The van der Waals surface area contributed by atoms with E-state index in [1.165, 1.54) is 6.33 Å². The Morgan fingerprint density at radius 2 is 1.79 bits per heavy atom. The Morgan fingerprint density at radius 3 is 2.50 bits per heavy atom. The largest absolute Gasteiger partial charge is 0.510 e. The minimum atomic E-state index is -1.03. The Morgan fingerprint density at radius 1 is 1.05 bits per heavy atom. The summed E-state index contributed by atoms with van der Waals surface area (Å²) in [5.41, 5.74) is 6.96. The van der Waals surface area contributed by atoms with E-state index in [0.29, 0.717) is 23.5 Å². The van der Waals surface area contributed by atoms with Crippen molar-refractivity contribution in [1.82, 2.24) is 24.8 Å². The molecule has 234 valence electrons. The number of rotatable bonds is 16. The molecular formula is C28H44N6O8. The number of hydrogen-bond donors (Lipinski definition) is 2. The fraction of sp³-hybridized carbons (Fsp3) is 0.714. The lowest BCUT2D eigenvalue weighted by molar-refractivity contribution is -0.154. The Labute approximate surface area is 246 Å². The molecule has 0 amide bonds. The molecule has 1 fully saturated rings. The third kappa shape index (κ3) is 10.2. The normalized spacial score (nSPS) is 17.0. The van der Waals surface area contributed by atoms with Crippen LogP contribution in [-0.2, 0) is 39.8 Å². The van der Waals surface area contributed by atoms with Crippen molar-refractivity contribution in [2.24, 2.45) is 0 Å². The summed E-state index contributed by atoms with van der Waals surface area (Å²) in [6.45, 7) is 8.71. The first-order valence-electron chi connectivity index (χ1n) is 14.5. The van der Waals surface area contributed by atoms with Crippen molar-refractivity contribution < 1.29 is 38.1 Å². The number of ether oxygens (including phenoxy) is 5. The minimum absolute atomic E-state index is 0.0260. The van der Waals surface area contributed by atoms with Gasteiger partial charge in [-0.1, -0.05) is 6.42 Å². The predicted molar refractivity (Wildman–Crippen MR) is 152 cm³/mol. The van der Waals surface area contributed by atoms with Gasteiger partial charge in [-0.2, -0.15) is 0 Å². The molecule has 1 aliphatic rings. The second-order valence-corrected chi connectivity index (χ2v) is 10.9. The summed E-state index contributed by atoms with van der Waals surface area (Å²) in [6, 6.07) is -1.28. The van der Waals surface area contributed by atoms with Crippen molar-refractivity contribution in [3.8, 4) is 0 Å². The fourth-order valence-corrected chi connectivity index (χ4v) is 4.76. The summed E-state index contributed by atoms with van der Waals surface area (Å²) >= 11 is 0. The van der Waals surface area contributed by atoms with E-state index in [4.69, 9.17) is 29.4 Å².